The van der Waals surface area contributed by atoms with Crippen LogP contribution in [-0.4, -0.2) is 46.8 Å². The van der Waals surface area contributed by atoms with Crippen molar-refractivity contribution in [3.05, 3.63) is 0 Å². The molecule has 0 amide bonds. The van der Waals surface area contributed by atoms with Crippen molar-refractivity contribution in [2.75, 3.05) is 19.6 Å². The normalized spacial score (nSPS) is 34.2. The van der Waals surface area contributed by atoms with Crippen LogP contribution in [0.1, 0.15) is 70.6 Å². The Kier molecular flexibility index (Phi) is 5.71. The van der Waals surface area contributed by atoms with Gasteiger partial charge in [-0.2, -0.15) is 0 Å². The minimum atomic E-state index is -2.43. The molecular formula is C20H32F2N2S. The summed E-state index contributed by atoms with van der Waals surface area (Å²) in [5, 5.41) is 1.59. The number of hydrogen-bond donors (Lipinski definition) is 0. The number of fused-ring (bicyclic) bond motifs is 1. The number of nitrogens with zero attached hydrogens (tertiary/aromatic N) is 2. The van der Waals surface area contributed by atoms with Gasteiger partial charge in [-0.25, -0.2) is 8.78 Å². The van der Waals surface area contributed by atoms with Gasteiger partial charge in [-0.1, -0.05) is 32.1 Å². The number of alkyl halides is 2. The molecule has 142 valence electrons. The van der Waals surface area contributed by atoms with Crippen molar-refractivity contribution in [1.29, 1.82) is 0 Å². The molecule has 0 radical (unpaired) electrons. The van der Waals surface area contributed by atoms with Crippen LogP contribution in [0, 0.1) is 11.8 Å². The first-order valence-corrected chi connectivity index (χ1v) is 11.3. The zero-order chi connectivity index (χ0) is 17.3. The molecule has 2 atom stereocenters. The van der Waals surface area contributed by atoms with E-state index >= 15 is 0 Å². The van der Waals surface area contributed by atoms with Gasteiger partial charge in [-0.05, 0) is 44.7 Å². The number of halogens is 2. The highest BCUT2D eigenvalue weighted by Gasteiger charge is 2.49. The van der Waals surface area contributed by atoms with Gasteiger partial charge >= 0.3 is 0 Å². The Bertz CT molecular complexity index is 482. The molecule has 0 N–H and O–H groups in total. The summed E-state index contributed by atoms with van der Waals surface area (Å²) >= 11 is 1.83. The molecule has 2 nitrogen and oxygen atoms in total. The van der Waals surface area contributed by atoms with Crippen molar-refractivity contribution in [2.45, 2.75) is 87.8 Å². The summed E-state index contributed by atoms with van der Waals surface area (Å²) in [6.07, 6.45) is 12.4. The Labute approximate surface area is 155 Å². The van der Waals surface area contributed by atoms with E-state index in [1.165, 1.54) is 70.9 Å². The SMILES string of the molecule is FC1(F)CC(C2=NC3CN(CCCC4CCCCC4)CCCC3S2)C1. The molecule has 0 aromatic heterocycles. The lowest BCUT2D eigenvalue weighted by atomic mass is 9.82. The quantitative estimate of drug-likeness (QED) is 0.646. The lowest BCUT2D eigenvalue weighted by Gasteiger charge is -2.34. The topological polar surface area (TPSA) is 15.6 Å². The molecule has 4 rings (SSSR count). The summed E-state index contributed by atoms with van der Waals surface area (Å²) in [6.45, 7) is 3.45. The van der Waals surface area contributed by atoms with Gasteiger partial charge in [0.05, 0.1) is 11.1 Å². The Morgan fingerprint density at radius 2 is 1.88 bits per heavy atom. The maximum absolute atomic E-state index is 13.2. The van der Waals surface area contributed by atoms with Gasteiger partial charge in [0.1, 0.15) is 0 Å². The fourth-order valence-electron chi connectivity index (χ4n) is 5.11. The van der Waals surface area contributed by atoms with Crippen molar-refractivity contribution in [3.8, 4) is 0 Å². The minimum absolute atomic E-state index is 0.0311. The minimum Gasteiger partial charge on any atom is -0.301 e. The van der Waals surface area contributed by atoms with Crippen LogP contribution in [0.4, 0.5) is 8.78 Å². The molecule has 3 fully saturated rings. The van der Waals surface area contributed by atoms with E-state index in [0.29, 0.717) is 11.3 Å². The second kappa shape index (κ2) is 7.84. The lowest BCUT2D eigenvalue weighted by Crippen LogP contribution is -2.38. The molecule has 0 aromatic rings. The van der Waals surface area contributed by atoms with E-state index in [4.69, 9.17) is 4.99 Å². The molecular weight excluding hydrogens is 338 g/mol. The number of hydrogen-bond acceptors (Lipinski definition) is 3. The van der Waals surface area contributed by atoms with Crippen molar-refractivity contribution in [3.63, 3.8) is 0 Å². The van der Waals surface area contributed by atoms with Crippen LogP contribution < -0.4 is 0 Å². The van der Waals surface area contributed by atoms with Gasteiger partial charge < -0.3 is 4.90 Å². The summed E-state index contributed by atoms with van der Waals surface area (Å²) < 4.78 is 26.3. The second-order valence-corrected chi connectivity index (χ2v) is 10.0. The third-order valence-electron chi connectivity index (χ3n) is 6.65. The van der Waals surface area contributed by atoms with Gasteiger partial charge in [-0.15, -0.1) is 11.8 Å². The molecule has 1 saturated heterocycles. The summed E-state index contributed by atoms with van der Waals surface area (Å²) in [7, 11) is 0. The maximum atomic E-state index is 13.2. The Morgan fingerprint density at radius 1 is 1.08 bits per heavy atom. The summed E-state index contributed by atoms with van der Waals surface area (Å²) in [5.41, 5.74) is 0. The van der Waals surface area contributed by atoms with Gasteiger partial charge in [0.25, 0.3) is 0 Å². The molecule has 2 heterocycles. The van der Waals surface area contributed by atoms with E-state index in [1.807, 2.05) is 11.8 Å². The summed E-state index contributed by atoms with van der Waals surface area (Å²) in [5.74, 6) is -1.41. The molecule has 0 bridgehead atoms. The first kappa shape index (κ1) is 18.2. The highest BCUT2D eigenvalue weighted by molar-refractivity contribution is 8.14. The average Bonchev–Trinajstić information content (AvgIpc) is 2.86. The van der Waals surface area contributed by atoms with E-state index in [-0.39, 0.29) is 18.8 Å². The van der Waals surface area contributed by atoms with E-state index in [1.54, 1.807) is 0 Å². The third kappa shape index (κ3) is 4.58. The third-order valence-corrected chi connectivity index (χ3v) is 8.19. The van der Waals surface area contributed by atoms with Crippen molar-refractivity contribution >= 4 is 16.8 Å². The number of likely N-dealkylation sites (tertiary alicyclic amines) is 1. The van der Waals surface area contributed by atoms with Gasteiger partial charge in [0.2, 0.25) is 5.92 Å². The number of thioether (sulfide) groups is 1. The molecule has 0 aromatic carbocycles. The van der Waals surface area contributed by atoms with Crippen LogP contribution in [-0.2, 0) is 0 Å². The second-order valence-electron chi connectivity index (χ2n) is 8.74. The predicted molar refractivity (Wildman–Crippen MR) is 102 cm³/mol. The molecule has 5 heteroatoms. The zero-order valence-corrected chi connectivity index (χ0v) is 16.1. The molecule has 25 heavy (non-hydrogen) atoms. The van der Waals surface area contributed by atoms with Crippen molar-refractivity contribution in [1.82, 2.24) is 4.90 Å². The van der Waals surface area contributed by atoms with Crippen LogP contribution in [0.3, 0.4) is 0 Å². The highest BCUT2D eigenvalue weighted by Crippen LogP contribution is 2.48. The van der Waals surface area contributed by atoms with E-state index in [2.05, 4.69) is 4.90 Å². The number of rotatable bonds is 5. The smallest absolute Gasteiger partial charge is 0.249 e. The van der Waals surface area contributed by atoms with Gasteiger partial charge in [0.15, 0.2) is 0 Å². The lowest BCUT2D eigenvalue weighted by molar-refractivity contribution is -0.0902. The van der Waals surface area contributed by atoms with Crippen LogP contribution in [0.15, 0.2) is 4.99 Å². The predicted octanol–water partition coefficient (Wildman–Crippen LogP) is 5.37. The van der Waals surface area contributed by atoms with E-state index in [9.17, 15) is 8.78 Å². The van der Waals surface area contributed by atoms with Crippen molar-refractivity contribution < 1.29 is 8.78 Å². The molecule has 2 aliphatic heterocycles. The van der Waals surface area contributed by atoms with E-state index in [0.717, 1.165) is 17.5 Å². The Balaban J connectivity index is 1.24. The largest absolute Gasteiger partial charge is 0.301 e. The van der Waals surface area contributed by atoms with Crippen LogP contribution in [0.2, 0.25) is 0 Å². The molecule has 2 unspecified atom stereocenters. The highest BCUT2D eigenvalue weighted by atomic mass is 32.2. The molecule has 2 saturated carbocycles. The summed E-state index contributed by atoms with van der Waals surface area (Å²) in [4.78, 5) is 7.52. The van der Waals surface area contributed by atoms with Crippen LogP contribution in [0.5, 0.6) is 0 Å². The molecule has 0 spiro atoms. The average molecular weight is 371 g/mol. The van der Waals surface area contributed by atoms with E-state index < -0.39 is 5.92 Å². The summed E-state index contributed by atoms with van der Waals surface area (Å²) in [6, 6.07) is 0.353. The zero-order valence-electron chi connectivity index (χ0n) is 15.3. The Morgan fingerprint density at radius 3 is 2.64 bits per heavy atom. The van der Waals surface area contributed by atoms with Gasteiger partial charge in [0, 0.05) is 30.6 Å². The first-order valence-electron chi connectivity index (χ1n) is 10.4. The fourth-order valence-corrected chi connectivity index (χ4v) is 6.57. The molecule has 2 aliphatic carbocycles. The monoisotopic (exact) mass is 370 g/mol. The Hall–Kier alpha value is -0.160. The molecule has 4 aliphatic rings. The number of aliphatic imine (C=N–C) groups is 1. The fraction of sp³-hybridized carbons (Fsp3) is 0.950. The van der Waals surface area contributed by atoms with Gasteiger partial charge in [-0.3, -0.25) is 4.99 Å². The first-order chi connectivity index (χ1) is 12.1. The standard InChI is InChI=1S/C20H32F2N2S/c21-20(22)12-16(13-20)19-23-17-14-24(11-5-9-18(17)25-19)10-4-8-15-6-2-1-3-7-15/h15-18H,1-14H2. The maximum Gasteiger partial charge on any atom is 0.249 e. The van der Waals surface area contributed by atoms with Crippen LogP contribution >= 0.6 is 11.8 Å². The van der Waals surface area contributed by atoms with Crippen molar-refractivity contribution in [2.24, 2.45) is 16.8 Å². The van der Waals surface area contributed by atoms with Crippen LogP contribution in [0.25, 0.3) is 0 Å².